The number of carbonyl (C=O) groups excluding carboxylic acids is 2. The van der Waals surface area contributed by atoms with E-state index in [0.29, 0.717) is 22.4 Å². The summed E-state index contributed by atoms with van der Waals surface area (Å²) in [5.41, 5.74) is 1.98. The van der Waals surface area contributed by atoms with Crippen LogP contribution in [0, 0.1) is 11.3 Å². The van der Waals surface area contributed by atoms with Crippen molar-refractivity contribution in [2.45, 2.75) is 13.8 Å². The monoisotopic (exact) mass is 311 g/mol. The first-order valence-electron chi connectivity index (χ1n) is 7.28. The van der Waals surface area contributed by atoms with Crippen LogP contribution in [0.15, 0.2) is 18.3 Å². The second-order valence-electron chi connectivity index (χ2n) is 5.69. The van der Waals surface area contributed by atoms with E-state index in [9.17, 15) is 9.59 Å². The molecule has 0 unspecified atom stereocenters. The molecule has 4 N–H and O–H groups in total. The van der Waals surface area contributed by atoms with E-state index in [0.717, 1.165) is 10.8 Å². The third-order valence-electron chi connectivity index (χ3n) is 3.73. The summed E-state index contributed by atoms with van der Waals surface area (Å²) in [5, 5.41) is 15.2. The lowest BCUT2D eigenvalue weighted by Crippen LogP contribution is -2.21. The van der Waals surface area contributed by atoms with Crippen LogP contribution < -0.4 is 16.0 Å². The van der Waals surface area contributed by atoms with Gasteiger partial charge in [0, 0.05) is 29.9 Å². The second kappa shape index (κ2) is 5.35. The van der Waals surface area contributed by atoms with Gasteiger partial charge in [0.1, 0.15) is 5.69 Å². The Balaban J connectivity index is 2.31. The summed E-state index contributed by atoms with van der Waals surface area (Å²) in [4.78, 5) is 31.3. The van der Waals surface area contributed by atoms with Crippen LogP contribution in [0.3, 0.4) is 0 Å². The van der Waals surface area contributed by atoms with E-state index in [1.807, 2.05) is 0 Å². The van der Waals surface area contributed by atoms with Gasteiger partial charge in [-0.2, -0.15) is 0 Å². The maximum atomic E-state index is 12.0. The van der Waals surface area contributed by atoms with Gasteiger partial charge >= 0.3 is 0 Å². The lowest BCUT2D eigenvalue weighted by molar-refractivity contribution is -0.118. The minimum atomic E-state index is -0.263. The van der Waals surface area contributed by atoms with Crippen LogP contribution in [0.4, 0.5) is 5.69 Å². The molecule has 118 valence electrons. The van der Waals surface area contributed by atoms with Gasteiger partial charge < -0.3 is 15.6 Å². The molecule has 7 heteroatoms. The molecular formula is C16H17N5O2. The molecule has 1 aromatic carbocycles. The Kier molecular flexibility index (Phi) is 3.48. The molecule has 0 fully saturated rings. The summed E-state index contributed by atoms with van der Waals surface area (Å²) in [5.74, 6) is -0.609. The van der Waals surface area contributed by atoms with Gasteiger partial charge in [0.25, 0.3) is 5.91 Å². The Morgan fingerprint density at radius 3 is 2.70 bits per heavy atom. The smallest absolute Gasteiger partial charge is 0.267 e. The highest BCUT2D eigenvalue weighted by atomic mass is 16.2. The molecule has 2 heterocycles. The quantitative estimate of drug-likeness (QED) is 0.589. The zero-order valence-electron chi connectivity index (χ0n) is 13.1. The minimum absolute atomic E-state index is 0.154. The molecular weight excluding hydrogens is 294 g/mol. The largest absolute Gasteiger partial charge is 0.354 e. The maximum Gasteiger partial charge on any atom is 0.267 e. The summed E-state index contributed by atoms with van der Waals surface area (Å²) in [7, 11) is 1.55. The van der Waals surface area contributed by atoms with Crippen LogP contribution in [0.2, 0.25) is 0 Å². The van der Waals surface area contributed by atoms with E-state index in [-0.39, 0.29) is 23.1 Å². The number of nitrogens with zero attached hydrogens (tertiary/aromatic N) is 1. The molecule has 3 rings (SSSR count). The number of aromatic amines is 1. The molecule has 23 heavy (non-hydrogen) atoms. The molecule has 0 spiro atoms. The second-order valence-corrected chi connectivity index (χ2v) is 5.69. The zero-order chi connectivity index (χ0) is 16.7. The van der Waals surface area contributed by atoms with Crippen molar-refractivity contribution < 1.29 is 9.59 Å². The molecule has 2 aromatic heterocycles. The molecule has 0 atom stereocenters. The number of rotatable bonds is 3. The fourth-order valence-electron chi connectivity index (χ4n) is 2.48. The van der Waals surface area contributed by atoms with E-state index in [1.165, 1.54) is 0 Å². The van der Waals surface area contributed by atoms with Crippen LogP contribution in [0.1, 0.15) is 24.3 Å². The number of hydrogen-bond donors (Lipinski definition) is 4. The average molecular weight is 311 g/mol. The van der Waals surface area contributed by atoms with Crippen molar-refractivity contribution >= 4 is 39.3 Å². The predicted octanol–water partition coefficient (Wildman–Crippen LogP) is 1.59. The molecule has 2 amide bonds. The molecule has 0 bridgehead atoms. The summed E-state index contributed by atoms with van der Waals surface area (Å²) < 4.78 is 0. The number of anilines is 1. The Hall–Kier alpha value is -2.96. The normalized spacial score (nSPS) is 11.3. The van der Waals surface area contributed by atoms with Crippen LogP contribution in [0.5, 0.6) is 0 Å². The summed E-state index contributed by atoms with van der Waals surface area (Å²) in [6.07, 6.45) is 1.63. The first-order chi connectivity index (χ1) is 10.9. The molecule has 0 saturated heterocycles. The van der Waals surface area contributed by atoms with Gasteiger partial charge in [0.2, 0.25) is 5.91 Å². The SMILES string of the molecule is CNC(=O)c1cc2cnc3c(=N)cc(NC(=O)C(C)C)c([nH]1)c23. The van der Waals surface area contributed by atoms with Gasteiger partial charge in [-0.25, -0.2) is 0 Å². The predicted molar refractivity (Wildman–Crippen MR) is 87.5 cm³/mol. The molecule has 3 aromatic rings. The molecule has 7 nitrogen and oxygen atoms in total. The van der Waals surface area contributed by atoms with Crippen LogP contribution in [-0.4, -0.2) is 28.8 Å². The lowest BCUT2D eigenvalue weighted by atomic mass is 10.1. The number of benzene rings is 1. The van der Waals surface area contributed by atoms with Crippen molar-refractivity contribution in [2.24, 2.45) is 5.92 Å². The molecule has 0 saturated carbocycles. The Morgan fingerprint density at radius 1 is 1.30 bits per heavy atom. The third-order valence-corrected chi connectivity index (χ3v) is 3.73. The van der Waals surface area contributed by atoms with Crippen LogP contribution in [-0.2, 0) is 4.79 Å². The van der Waals surface area contributed by atoms with Crippen molar-refractivity contribution in [3.63, 3.8) is 0 Å². The van der Waals surface area contributed by atoms with Gasteiger partial charge in [-0.3, -0.25) is 20.0 Å². The molecule has 0 aliphatic heterocycles. The minimum Gasteiger partial charge on any atom is -0.354 e. The lowest BCUT2D eigenvalue weighted by Gasteiger charge is -2.12. The standard InChI is InChI=1S/C16H17N5O2/c1-7(2)15(22)21-10-5-9(17)13-12-8(6-19-13)4-11(16(23)18-3)20-14(10)12/h4-7,17,20H,1-3H3,(H,18,23)(H,21,22). The average Bonchev–Trinajstić information content (AvgIpc) is 2.95. The van der Waals surface area contributed by atoms with E-state index in [4.69, 9.17) is 5.41 Å². The highest BCUT2D eigenvalue weighted by Gasteiger charge is 2.17. The topological polar surface area (TPSA) is 111 Å². The van der Waals surface area contributed by atoms with Crippen molar-refractivity contribution in [1.82, 2.24) is 15.3 Å². The third kappa shape index (κ3) is 2.40. The van der Waals surface area contributed by atoms with Gasteiger partial charge in [-0.15, -0.1) is 0 Å². The van der Waals surface area contributed by atoms with E-state index in [2.05, 4.69) is 20.6 Å². The van der Waals surface area contributed by atoms with Crippen LogP contribution in [0.25, 0.3) is 21.8 Å². The number of aromatic nitrogens is 2. The van der Waals surface area contributed by atoms with Gasteiger partial charge in [-0.05, 0) is 12.1 Å². The number of nitrogens with one attached hydrogen (secondary N) is 4. The van der Waals surface area contributed by atoms with E-state index >= 15 is 0 Å². The summed E-state index contributed by atoms with van der Waals surface area (Å²) in [6.45, 7) is 3.58. The number of amides is 2. The first kappa shape index (κ1) is 15.0. The van der Waals surface area contributed by atoms with E-state index < -0.39 is 0 Å². The number of H-pyrrole nitrogens is 1. The number of pyridine rings is 1. The Labute approximate surface area is 132 Å². The first-order valence-corrected chi connectivity index (χ1v) is 7.28. The maximum absolute atomic E-state index is 12.0. The molecule has 0 radical (unpaired) electrons. The van der Waals surface area contributed by atoms with Crippen molar-refractivity contribution in [1.29, 1.82) is 5.41 Å². The van der Waals surface area contributed by atoms with Crippen molar-refractivity contribution in [3.8, 4) is 0 Å². The summed E-state index contributed by atoms with van der Waals surface area (Å²) >= 11 is 0. The Bertz CT molecular complexity index is 974. The van der Waals surface area contributed by atoms with E-state index in [1.54, 1.807) is 39.2 Å². The highest BCUT2D eigenvalue weighted by Crippen LogP contribution is 2.29. The van der Waals surface area contributed by atoms with Crippen molar-refractivity contribution in [2.75, 3.05) is 12.4 Å². The summed E-state index contributed by atoms with van der Waals surface area (Å²) in [6, 6.07) is 3.24. The fraction of sp³-hybridized carbons (Fsp3) is 0.250. The number of hydrogen-bond acceptors (Lipinski definition) is 4. The zero-order valence-corrected chi connectivity index (χ0v) is 13.1. The van der Waals surface area contributed by atoms with Crippen LogP contribution >= 0.6 is 0 Å². The van der Waals surface area contributed by atoms with Gasteiger partial charge in [0.15, 0.2) is 0 Å². The molecule has 0 aliphatic rings. The van der Waals surface area contributed by atoms with Gasteiger partial charge in [-0.1, -0.05) is 13.8 Å². The fourth-order valence-corrected chi connectivity index (χ4v) is 2.48. The molecule has 0 aliphatic carbocycles. The van der Waals surface area contributed by atoms with Crippen molar-refractivity contribution in [3.05, 3.63) is 29.4 Å². The highest BCUT2D eigenvalue weighted by molar-refractivity contribution is 6.15. The van der Waals surface area contributed by atoms with Gasteiger partial charge in [0.05, 0.1) is 22.1 Å². The number of carbonyl (C=O) groups is 2. The Morgan fingerprint density at radius 2 is 2.04 bits per heavy atom.